The van der Waals surface area contributed by atoms with E-state index in [9.17, 15) is 22.8 Å². The molecule has 2 fully saturated rings. The van der Waals surface area contributed by atoms with Crippen molar-refractivity contribution in [1.82, 2.24) is 15.1 Å². The van der Waals surface area contributed by atoms with E-state index in [1.165, 1.54) is 4.90 Å². The number of ether oxygens (including phenoxy) is 4. The van der Waals surface area contributed by atoms with Gasteiger partial charge < -0.3 is 40.6 Å². The van der Waals surface area contributed by atoms with Gasteiger partial charge in [-0.05, 0) is 44.9 Å². The molecule has 0 saturated carbocycles. The van der Waals surface area contributed by atoms with Gasteiger partial charge in [-0.1, -0.05) is 25.5 Å². The molecule has 2 aliphatic heterocycles. The minimum absolute atomic E-state index is 0.0255. The highest BCUT2D eigenvalue weighted by Gasteiger charge is 2.51. The average Bonchev–Trinajstić information content (AvgIpc) is 3.37. The van der Waals surface area contributed by atoms with E-state index in [1.54, 1.807) is 45.0 Å². The third kappa shape index (κ3) is 9.12. The van der Waals surface area contributed by atoms with Gasteiger partial charge in [-0.2, -0.15) is 0 Å². The molecule has 0 aromatic heterocycles. The summed E-state index contributed by atoms with van der Waals surface area (Å²) in [5.74, 6) is -1.81. The van der Waals surface area contributed by atoms with Crippen molar-refractivity contribution in [2.24, 2.45) is 11.5 Å². The summed E-state index contributed by atoms with van der Waals surface area (Å²) in [4.78, 5) is 39.9. The fourth-order valence-corrected chi connectivity index (χ4v) is 7.31. The van der Waals surface area contributed by atoms with E-state index >= 15 is 0 Å². The van der Waals surface area contributed by atoms with Gasteiger partial charge in [-0.25, -0.2) is 22.8 Å². The molecule has 2 heterocycles. The Morgan fingerprint density at radius 2 is 1.77 bits per heavy atom. The van der Waals surface area contributed by atoms with Gasteiger partial charge in [-0.3, -0.25) is 10.3 Å². The van der Waals surface area contributed by atoms with Crippen LogP contribution in [-0.4, -0.2) is 123 Å². The molecule has 0 aliphatic carbocycles. The van der Waals surface area contributed by atoms with Gasteiger partial charge in [0, 0.05) is 45.6 Å². The van der Waals surface area contributed by atoms with Gasteiger partial charge in [0.2, 0.25) is 4.87 Å². The number of hydrogen-bond donors (Lipinski definition) is 4. The number of unbranched alkanes of at least 4 members (excludes halogenated alkanes) is 1. The molecule has 2 saturated heterocycles. The quantitative estimate of drug-likeness (QED) is 0.0822. The molecule has 3 atom stereocenters. The highest BCUT2D eigenvalue weighted by Crippen LogP contribution is 2.28. The molecule has 2 aliphatic rings. The number of amidine groups is 1. The zero-order valence-corrected chi connectivity index (χ0v) is 28.8. The molecule has 1 aromatic rings. The molecule has 6 N–H and O–H groups in total. The molecule has 1 amide bonds. The lowest BCUT2D eigenvalue weighted by Crippen LogP contribution is -2.67. The second-order valence-electron chi connectivity index (χ2n) is 12.9. The molecule has 3 rings (SSSR count). The summed E-state index contributed by atoms with van der Waals surface area (Å²) in [6.07, 6.45) is -0.440. The molecule has 15 nitrogen and oxygen atoms in total. The number of esters is 2. The van der Waals surface area contributed by atoms with E-state index < -0.39 is 50.0 Å². The number of rotatable bonds is 16. The number of benzene rings is 1. The minimum Gasteiger partial charge on any atom is -0.490 e. The zero-order valence-electron chi connectivity index (χ0n) is 28.0. The summed E-state index contributed by atoms with van der Waals surface area (Å²) in [5, 5.41) is 11.7. The maximum atomic E-state index is 13.6. The van der Waals surface area contributed by atoms with Crippen LogP contribution in [0, 0.1) is 5.41 Å². The van der Waals surface area contributed by atoms with Gasteiger partial charge in [-0.15, -0.1) is 0 Å². The Hall–Kier alpha value is -3.47. The van der Waals surface area contributed by atoms with Crippen molar-refractivity contribution >= 4 is 33.7 Å². The number of amides is 1. The Kier molecular flexibility index (Phi) is 12.6. The van der Waals surface area contributed by atoms with Crippen molar-refractivity contribution in [3.05, 3.63) is 29.8 Å². The first kappa shape index (κ1) is 38.0. The molecule has 0 bridgehead atoms. The van der Waals surface area contributed by atoms with Crippen LogP contribution in [-0.2, 0) is 40.1 Å². The van der Waals surface area contributed by atoms with Crippen LogP contribution >= 0.6 is 0 Å². The Bertz CT molecular complexity index is 1380. The van der Waals surface area contributed by atoms with E-state index in [4.69, 9.17) is 35.8 Å². The highest BCUT2D eigenvalue weighted by molar-refractivity contribution is 7.93. The van der Waals surface area contributed by atoms with Gasteiger partial charge >= 0.3 is 18.0 Å². The predicted octanol–water partition coefficient (Wildman–Crippen LogP) is 0.783. The molecule has 16 heteroatoms. The number of carbonyl (C=O) groups excluding carboxylic acids is 3. The maximum Gasteiger partial charge on any atom is 0.410 e. The molecule has 264 valence electrons. The van der Waals surface area contributed by atoms with Crippen LogP contribution in [0.5, 0.6) is 5.75 Å². The van der Waals surface area contributed by atoms with Crippen LogP contribution in [0.15, 0.2) is 24.3 Å². The first-order valence-electron chi connectivity index (χ1n) is 15.8. The summed E-state index contributed by atoms with van der Waals surface area (Å²) in [6, 6.07) is 6.43. The number of cyclic esters (lactones) is 1. The Morgan fingerprint density at radius 1 is 1.13 bits per heavy atom. The van der Waals surface area contributed by atoms with Crippen molar-refractivity contribution < 1.29 is 41.7 Å². The first-order chi connectivity index (χ1) is 22.0. The van der Waals surface area contributed by atoms with Crippen molar-refractivity contribution in [3.8, 4) is 5.75 Å². The van der Waals surface area contributed by atoms with Crippen LogP contribution < -0.4 is 21.5 Å². The Balaban J connectivity index is 1.64. The fraction of sp³-hybridized carbons (Fsp3) is 0.677. The smallest absolute Gasteiger partial charge is 0.410 e. The van der Waals surface area contributed by atoms with Crippen molar-refractivity contribution in [3.63, 3.8) is 0 Å². The van der Waals surface area contributed by atoms with Crippen LogP contribution in [0.3, 0.4) is 0 Å². The Labute approximate surface area is 277 Å². The van der Waals surface area contributed by atoms with Gasteiger partial charge in [0.15, 0.2) is 21.5 Å². The van der Waals surface area contributed by atoms with Crippen LogP contribution in [0.1, 0.15) is 52.5 Å². The second-order valence-corrected chi connectivity index (χ2v) is 15.3. The first-order valence-corrected chi connectivity index (χ1v) is 17.4. The van der Waals surface area contributed by atoms with Crippen molar-refractivity contribution in [2.75, 3.05) is 58.7 Å². The topological polar surface area (TPSA) is 217 Å². The third-order valence-corrected chi connectivity index (χ3v) is 10.5. The predicted molar refractivity (Wildman–Crippen MR) is 175 cm³/mol. The Morgan fingerprint density at radius 3 is 2.32 bits per heavy atom. The van der Waals surface area contributed by atoms with Gasteiger partial charge in [0.05, 0.1) is 19.4 Å². The summed E-state index contributed by atoms with van der Waals surface area (Å²) in [6.45, 7) is 9.56. The summed E-state index contributed by atoms with van der Waals surface area (Å²) < 4.78 is 47.7. The average molecular weight is 683 g/mol. The molecule has 47 heavy (non-hydrogen) atoms. The second kappa shape index (κ2) is 15.6. The summed E-state index contributed by atoms with van der Waals surface area (Å²) in [5.41, 5.74) is 10.4. The van der Waals surface area contributed by atoms with Gasteiger partial charge in [0.1, 0.15) is 23.8 Å². The molecule has 3 unspecified atom stereocenters. The number of methoxy groups -OCH3 is 1. The number of hydrogen-bond acceptors (Lipinski definition) is 13. The summed E-state index contributed by atoms with van der Waals surface area (Å²) >= 11 is 0. The molecule has 0 radical (unpaired) electrons. The third-order valence-electron chi connectivity index (χ3n) is 8.21. The number of nitrogens with zero attached hydrogens (tertiary/aromatic N) is 2. The van der Waals surface area contributed by atoms with Crippen LogP contribution in [0.25, 0.3) is 0 Å². The molecular weight excluding hydrogens is 632 g/mol. The van der Waals surface area contributed by atoms with Gasteiger partial charge in [0.25, 0.3) is 0 Å². The number of nitrogens with two attached hydrogens (primary N) is 2. The van der Waals surface area contributed by atoms with E-state index in [0.717, 1.165) is 7.11 Å². The zero-order chi connectivity index (χ0) is 35.0. The number of nitrogens with one attached hydrogen (secondary N) is 2. The van der Waals surface area contributed by atoms with E-state index in [1.807, 2.05) is 11.8 Å². The summed E-state index contributed by atoms with van der Waals surface area (Å²) in [7, 11) is -2.91. The lowest BCUT2D eigenvalue weighted by atomic mass is 9.89. The number of sulfone groups is 1. The fourth-order valence-electron chi connectivity index (χ4n) is 5.55. The lowest BCUT2D eigenvalue weighted by Gasteiger charge is -2.44. The van der Waals surface area contributed by atoms with E-state index in [2.05, 4.69) is 5.32 Å². The SMILES string of the molecule is CCCCS(=O)(=O)C(N)(Cc1ccc(OCC2CN(CCC(C(=N)N)(C(=O)OC(C)(C)C)N3CCNCC3)C(=O)O2)cc1)C(=O)OC. The monoisotopic (exact) mass is 682 g/mol. The highest BCUT2D eigenvalue weighted by atomic mass is 32.2. The molecule has 1 aromatic carbocycles. The lowest BCUT2D eigenvalue weighted by molar-refractivity contribution is -0.166. The largest absolute Gasteiger partial charge is 0.490 e. The van der Waals surface area contributed by atoms with Crippen molar-refractivity contribution in [1.29, 1.82) is 5.41 Å². The van der Waals surface area contributed by atoms with E-state index in [-0.39, 0.29) is 44.1 Å². The van der Waals surface area contributed by atoms with Crippen LogP contribution in [0.4, 0.5) is 4.79 Å². The standard InChI is InChI=1S/C31H50N6O9S/c1-6-7-18-47(41,42)31(34,27(39)43-5)19-22-8-10-23(11-9-22)44-21-24-20-36(28(40)45-24)15-12-30(25(32)33,26(38)46-29(2,3)4)37-16-13-35-14-17-37/h8-11,24,35H,6-7,12-21,34H2,1-5H3,(H3,32,33). The van der Waals surface area contributed by atoms with E-state index in [0.29, 0.717) is 50.3 Å². The number of carbonyl (C=O) groups is 3. The maximum absolute atomic E-state index is 13.6. The van der Waals surface area contributed by atoms with Crippen molar-refractivity contribution in [2.45, 2.75) is 75.5 Å². The minimum atomic E-state index is -4.01. The normalized spacial score (nSPS) is 20.1. The number of piperazine rings is 1. The molecule has 0 spiro atoms. The van der Waals surface area contributed by atoms with Crippen LogP contribution in [0.2, 0.25) is 0 Å². The molecular formula is C31H50N6O9S.